The molecule has 0 radical (unpaired) electrons. The van der Waals surface area contributed by atoms with E-state index in [1.807, 2.05) is 41.8 Å². The second-order valence-electron chi connectivity index (χ2n) is 5.78. The van der Waals surface area contributed by atoms with Crippen LogP contribution in [0.15, 0.2) is 71.2 Å². The standard InChI is InChI=1S/C20H16N2OS2/c1-14-8-10-15(11-9-14)13-25-20-21-16-5-2-3-6-17(16)22(20)19(23)18-7-4-12-24-18/h2-12H,13H2,1H3. The van der Waals surface area contributed by atoms with E-state index in [1.54, 1.807) is 16.3 Å². The Morgan fingerprint density at radius 2 is 1.88 bits per heavy atom. The number of thioether (sulfide) groups is 1. The number of aromatic nitrogens is 2. The fourth-order valence-corrected chi connectivity index (χ4v) is 4.25. The van der Waals surface area contributed by atoms with Crippen molar-refractivity contribution < 1.29 is 4.79 Å². The Labute approximate surface area is 154 Å². The molecule has 0 atom stereocenters. The summed E-state index contributed by atoms with van der Waals surface area (Å²) in [5.41, 5.74) is 4.16. The SMILES string of the molecule is Cc1ccc(CSc2nc3ccccc3n2C(=O)c2cccs2)cc1. The summed E-state index contributed by atoms with van der Waals surface area (Å²) in [6, 6.07) is 20.0. The Morgan fingerprint density at radius 1 is 1.08 bits per heavy atom. The number of imidazole rings is 1. The predicted molar refractivity (Wildman–Crippen MR) is 105 cm³/mol. The van der Waals surface area contributed by atoms with Crippen molar-refractivity contribution in [3.8, 4) is 0 Å². The molecule has 0 aliphatic heterocycles. The molecule has 25 heavy (non-hydrogen) atoms. The number of aryl methyl sites for hydroxylation is 1. The molecule has 2 heterocycles. The topological polar surface area (TPSA) is 34.9 Å². The molecule has 4 aromatic rings. The minimum absolute atomic E-state index is 0.0184. The van der Waals surface area contributed by atoms with Crippen molar-refractivity contribution in [2.75, 3.05) is 0 Å². The first-order chi connectivity index (χ1) is 12.2. The molecule has 4 rings (SSSR count). The average Bonchev–Trinajstić information content (AvgIpc) is 3.28. The third kappa shape index (κ3) is 3.25. The van der Waals surface area contributed by atoms with Crippen LogP contribution < -0.4 is 0 Å². The zero-order chi connectivity index (χ0) is 17.2. The van der Waals surface area contributed by atoms with E-state index in [4.69, 9.17) is 0 Å². The Bertz CT molecular complexity index is 1020. The number of benzene rings is 2. The normalized spacial score (nSPS) is 11.1. The first-order valence-corrected chi connectivity index (χ1v) is 9.83. The molecule has 124 valence electrons. The maximum Gasteiger partial charge on any atom is 0.274 e. The van der Waals surface area contributed by atoms with Gasteiger partial charge in [0.15, 0.2) is 5.16 Å². The van der Waals surface area contributed by atoms with Gasteiger partial charge < -0.3 is 0 Å². The van der Waals surface area contributed by atoms with Crippen molar-refractivity contribution >= 4 is 40.0 Å². The number of fused-ring (bicyclic) bond motifs is 1. The Morgan fingerprint density at radius 3 is 2.64 bits per heavy atom. The molecule has 0 aliphatic carbocycles. The van der Waals surface area contributed by atoms with Crippen LogP contribution in [0.5, 0.6) is 0 Å². The summed E-state index contributed by atoms with van der Waals surface area (Å²) in [7, 11) is 0. The lowest BCUT2D eigenvalue weighted by Gasteiger charge is -2.06. The van der Waals surface area contributed by atoms with Crippen LogP contribution in [0.25, 0.3) is 11.0 Å². The summed E-state index contributed by atoms with van der Waals surface area (Å²) in [6.07, 6.45) is 0. The van der Waals surface area contributed by atoms with E-state index in [0.29, 0.717) is 0 Å². The number of carbonyl (C=O) groups is 1. The maximum absolute atomic E-state index is 13.0. The molecule has 0 aliphatic rings. The summed E-state index contributed by atoms with van der Waals surface area (Å²) in [5, 5.41) is 2.66. The van der Waals surface area contributed by atoms with Gasteiger partial charge in [-0.3, -0.25) is 9.36 Å². The van der Waals surface area contributed by atoms with Crippen LogP contribution in [-0.4, -0.2) is 15.5 Å². The summed E-state index contributed by atoms with van der Waals surface area (Å²) in [4.78, 5) is 18.4. The van der Waals surface area contributed by atoms with Gasteiger partial charge in [0.1, 0.15) is 0 Å². The largest absolute Gasteiger partial charge is 0.274 e. The van der Waals surface area contributed by atoms with Crippen molar-refractivity contribution in [3.63, 3.8) is 0 Å². The molecule has 2 aromatic heterocycles. The van der Waals surface area contributed by atoms with Gasteiger partial charge in [0.2, 0.25) is 0 Å². The molecule has 5 heteroatoms. The Hall–Kier alpha value is -2.37. The van der Waals surface area contributed by atoms with Crippen LogP contribution >= 0.6 is 23.1 Å². The molecule has 3 nitrogen and oxygen atoms in total. The van der Waals surface area contributed by atoms with E-state index >= 15 is 0 Å². The van der Waals surface area contributed by atoms with E-state index in [9.17, 15) is 4.79 Å². The quantitative estimate of drug-likeness (QED) is 0.456. The van der Waals surface area contributed by atoms with Gasteiger partial charge >= 0.3 is 0 Å². The minimum Gasteiger partial charge on any atom is -0.267 e. The van der Waals surface area contributed by atoms with Crippen LogP contribution in [-0.2, 0) is 5.75 Å². The lowest BCUT2D eigenvalue weighted by atomic mass is 10.2. The van der Waals surface area contributed by atoms with E-state index in [2.05, 4.69) is 36.2 Å². The van der Waals surface area contributed by atoms with Crippen molar-refractivity contribution in [3.05, 3.63) is 82.0 Å². The molecular weight excluding hydrogens is 348 g/mol. The zero-order valence-electron chi connectivity index (χ0n) is 13.7. The molecule has 0 spiro atoms. The highest BCUT2D eigenvalue weighted by Crippen LogP contribution is 2.28. The fraction of sp³-hybridized carbons (Fsp3) is 0.100. The number of hydrogen-bond acceptors (Lipinski definition) is 4. The maximum atomic E-state index is 13.0. The van der Waals surface area contributed by atoms with Gasteiger partial charge in [-0.1, -0.05) is 59.8 Å². The van der Waals surface area contributed by atoms with Gasteiger partial charge in [-0.15, -0.1) is 11.3 Å². The molecule has 2 aromatic carbocycles. The van der Waals surface area contributed by atoms with Crippen molar-refractivity contribution in [1.82, 2.24) is 9.55 Å². The lowest BCUT2D eigenvalue weighted by Crippen LogP contribution is -2.11. The Balaban J connectivity index is 1.71. The summed E-state index contributed by atoms with van der Waals surface area (Å²) < 4.78 is 1.74. The molecule has 0 N–H and O–H groups in total. The van der Waals surface area contributed by atoms with E-state index in [1.165, 1.54) is 22.5 Å². The molecule has 0 fully saturated rings. The monoisotopic (exact) mass is 364 g/mol. The van der Waals surface area contributed by atoms with Gasteiger partial charge in [-0.2, -0.15) is 0 Å². The Kier molecular flexibility index (Phi) is 4.42. The first kappa shape index (κ1) is 16.1. The van der Waals surface area contributed by atoms with E-state index in [-0.39, 0.29) is 5.91 Å². The zero-order valence-corrected chi connectivity index (χ0v) is 15.3. The second-order valence-corrected chi connectivity index (χ2v) is 7.67. The number of nitrogens with zero attached hydrogens (tertiary/aromatic N) is 2. The van der Waals surface area contributed by atoms with Crippen LogP contribution in [0.2, 0.25) is 0 Å². The molecule has 0 unspecified atom stereocenters. The average molecular weight is 364 g/mol. The second kappa shape index (κ2) is 6.86. The summed E-state index contributed by atoms with van der Waals surface area (Å²) >= 11 is 3.05. The van der Waals surface area contributed by atoms with Crippen LogP contribution in [0.4, 0.5) is 0 Å². The highest BCUT2D eigenvalue weighted by Gasteiger charge is 2.19. The molecule has 0 saturated carbocycles. The van der Waals surface area contributed by atoms with E-state index in [0.717, 1.165) is 26.8 Å². The number of thiophene rings is 1. The minimum atomic E-state index is -0.0184. The summed E-state index contributed by atoms with van der Waals surface area (Å²) in [5.74, 6) is 0.761. The number of carbonyl (C=O) groups excluding carboxylic acids is 1. The first-order valence-electron chi connectivity index (χ1n) is 7.96. The third-order valence-electron chi connectivity index (χ3n) is 3.95. The van der Waals surface area contributed by atoms with Gasteiger partial charge in [-0.25, -0.2) is 4.98 Å². The number of rotatable bonds is 4. The lowest BCUT2D eigenvalue weighted by molar-refractivity contribution is 0.0959. The molecule has 0 amide bonds. The van der Waals surface area contributed by atoms with Gasteiger partial charge in [0.25, 0.3) is 5.91 Å². The number of hydrogen-bond donors (Lipinski definition) is 0. The van der Waals surface area contributed by atoms with Gasteiger partial charge in [-0.05, 0) is 36.1 Å². The predicted octanol–water partition coefficient (Wildman–Crippen LogP) is 5.39. The smallest absolute Gasteiger partial charge is 0.267 e. The van der Waals surface area contributed by atoms with Crippen molar-refractivity contribution in [2.24, 2.45) is 0 Å². The van der Waals surface area contributed by atoms with Crippen LogP contribution in [0, 0.1) is 6.92 Å². The van der Waals surface area contributed by atoms with E-state index < -0.39 is 0 Å². The van der Waals surface area contributed by atoms with Crippen LogP contribution in [0.1, 0.15) is 20.8 Å². The number of para-hydroxylation sites is 2. The van der Waals surface area contributed by atoms with Gasteiger partial charge in [0.05, 0.1) is 15.9 Å². The molecule has 0 bridgehead atoms. The van der Waals surface area contributed by atoms with Crippen molar-refractivity contribution in [2.45, 2.75) is 17.8 Å². The van der Waals surface area contributed by atoms with Crippen molar-refractivity contribution in [1.29, 1.82) is 0 Å². The molecule has 0 saturated heterocycles. The highest BCUT2D eigenvalue weighted by molar-refractivity contribution is 7.98. The molecular formula is C20H16N2OS2. The van der Waals surface area contributed by atoms with Gasteiger partial charge in [0, 0.05) is 5.75 Å². The summed E-state index contributed by atoms with van der Waals surface area (Å²) in [6.45, 7) is 2.08. The third-order valence-corrected chi connectivity index (χ3v) is 5.82. The van der Waals surface area contributed by atoms with Crippen LogP contribution in [0.3, 0.4) is 0 Å². The fourth-order valence-electron chi connectivity index (χ4n) is 2.64. The highest BCUT2D eigenvalue weighted by atomic mass is 32.2.